The average molecular weight is 294 g/mol. The predicted octanol–water partition coefficient (Wildman–Crippen LogP) is 2.89. The first-order valence-electron chi connectivity index (χ1n) is 5.69. The number of benzene rings is 1. The number of hydrogen-bond acceptors (Lipinski definition) is 2. The van der Waals surface area contributed by atoms with Crippen LogP contribution >= 0.6 is 15.9 Å². The van der Waals surface area contributed by atoms with Crippen molar-refractivity contribution in [2.24, 2.45) is 0 Å². The van der Waals surface area contributed by atoms with Crippen LogP contribution in [0.15, 0.2) is 41.3 Å². The van der Waals surface area contributed by atoms with Gasteiger partial charge >= 0.3 is 0 Å². The van der Waals surface area contributed by atoms with Crippen molar-refractivity contribution in [1.82, 2.24) is 15.3 Å². The van der Waals surface area contributed by atoms with Gasteiger partial charge in [0.1, 0.15) is 0 Å². The Balaban J connectivity index is 1.80. The number of rotatable bonds is 5. The Kier molecular flexibility index (Phi) is 4.34. The Labute approximate surface area is 110 Å². The summed E-state index contributed by atoms with van der Waals surface area (Å²) in [5.74, 6) is 0. The molecule has 0 aliphatic carbocycles. The van der Waals surface area contributed by atoms with Gasteiger partial charge in [0.15, 0.2) is 0 Å². The molecule has 1 atom stereocenters. The van der Waals surface area contributed by atoms with Gasteiger partial charge < -0.3 is 10.3 Å². The van der Waals surface area contributed by atoms with Crippen LogP contribution in [0, 0.1) is 0 Å². The van der Waals surface area contributed by atoms with Crippen molar-refractivity contribution in [3.05, 3.63) is 52.5 Å². The lowest BCUT2D eigenvalue weighted by molar-refractivity contribution is 0.541. The monoisotopic (exact) mass is 293 g/mol. The number of halogens is 1. The first kappa shape index (κ1) is 12.3. The van der Waals surface area contributed by atoms with Gasteiger partial charge in [0.25, 0.3) is 0 Å². The van der Waals surface area contributed by atoms with Crippen LogP contribution in [-0.4, -0.2) is 16.0 Å². The molecule has 90 valence electrons. The third-order valence-electron chi connectivity index (χ3n) is 2.65. The first-order chi connectivity index (χ1) is 8.24. The molecule has 1 heterocycles. The summed E-state index contributed by atoms with van der Waals surface area (Å²) in [7, 11) is 0. The molecular weight excluding hydrogens is 278 g/mol. The van der Waals surface area contributed by atoms with E-state index in [0.717, 1.165) is 23.1 Å². The molecule has 0 bridgehead atoms. The second-order valence-corrected chi connectivity index (χ2v) is 5.11. The Morgan fingerprint density at radius 1 is 1.35 bits per heavy atom. The van der Waals surface area contributed by atoms with Crippen molar-refractivity contribution in [2.45, 2.75) is 25.9 Å². The quantitative estimate of drug-likeness (QED) is 0.890. The fraction of sp³-hybridized carbons (Fsp3) is 0.308. The molecule has 0 saturated carbocycles. The molecule has 1 unspecified atom stereocenters. The third-order valence-corrected chi connectivity index (χ3v) is 3.18. The maximum absolute atomic E-state index is 3.99. The van der Waals surface area contributed by atoms with Crippen LogP contribution in [0.4, 0.5) is 0 Å². The van der Waals surface area contributed by atoms with Gasteiger partial charge in [0.05, 0.1) is 6.33 Å². The number of aromatic amines is 1. The molecule has 4 heteroatoms. The van der Waals surface area contributed by atoms with E-state index < -0.39 is 0 Å². The molecule has 0 spiro atoms. The number of nitrogens with zero attached hydrogens (tertiary/aromatic N) is 1. The SMILES string of the molecule is CC(Cc1ccc(Br)cc1)NCc1cnc[nH]1. The van der Waals surface area contributed by atoms with Gasteiger partial charge in [-0.1, -0.05) is 28.1 Å². The van der Waals surface area contributed by atoms with Crippen LogP contribution in [-0.2, 0) is 13.0 Å². The van der Waals surface area contributed by atoms with Gasteiger partial charge in [-0.3, -0.25) is 0 Å². The maximum Gasteiger partial charge on any atom is 0.0922 e. The van der Waals surface area contributed by atoms with Gasteiger partial charge in [-0.15, -0.1) is 0 Å². The van der Waals surface area contributed by atoms with E-state index in [2.05, 4.69) is 62.4 Å². The number of aromatic nitrogens is 2. The van der Waals surface area contributed by atoms with Gasteiger partial charge in [-0.05, 0) is 31.0 Å². The summed E-state index contributed by atoms with van der Waals surface area (Å²) in [5.41, 5.74) is 2.46. The molecule has 1 aromatic heterocycles. The molecule has 0 amide bonds. The maximum atomic E-state index is 3.99. The van der Waals surface area contributed by atoms with Crippen LogP contribution in [0.1, 0.15) is 18.2 Å². The van der Waals surface area contributed by atoms with E-state index in [1.165, 1.54) is 5.56 Å². The zero-order valence-electron chi connectivity index (χ0n) is 9.78. The van der Waals surface area contributed by atoms with Gasteiger partial charge in [0, 0.05) is 29.0 Å². The van der Waals surface area contributed by atoms with Crippen molar-refractivity contribution in [2.75, 3.05) is 0 Å². The summed E-state index contributed by atoms with van der Waals surface area (Å²) in [4.78, 5) is 7.08. The number of imidazole rings is 1. The lowest BCUT2D eigenvalue weighted by Crippen LogP contribution is -2.27. The zero-order chi connectivity index (χ0) is 12.1. The highest BCUT2D eigenvalue weighted by atomic mass is 79.9. The molecule has 3 nitrogen and oxygen atoms in total. The fourth-order valence-corrected chi connectivity index (χ4v) is 1.98. The molecule has 2 rings (SSSR count). The zero-order valence-corrected chi connectivity index (χ0v) is 11.4. The molecule has 17 heavy (non-hydrogen) atoms. The fourth-order valence-electron chi connectivity index (χ4n) is 1.71. The largest absolute Gasteiger partial charge is 0.347 e. The van der Waals surface area contributed by atoms with Gasteiger partial charge in [-0.25, -0.2) is 4.98 Å². The molecule has 1 aromatic carbocycles. The number of nitrogens with one attached hydrogen (secondary N) is 2. The van der Waals surface area contributed by atoms with Crippen LogP contribution in [0.3, 0.4) is 0 Å². The second kappa shape index (κ2) is 5.98. The average Bonchev–Trinajstić information content (AvgIpc) is 2.83. The van der Waals surface area contributed by atoms with E-state index in [1.54, 1.807) is 6.33 Å². The summed E-state index contributed by atoms with van der Waals surface area (Å²) in [5, 5.41) is 3.47. The molecule has 2 N–H and O–H groups in total. The molecule has 0 saturated heterocycles. The summed E-state index contributed by atoms with van der Waals surface area (Å²) in [6, 6.07) is 8.91. The van der Waals surface area contributed by atoms with Crippen molar-refractivity contribution in [3.63, 3.8) is 0 Å². The van der Waals surface area contributed by atoms with Crippen molar-refractivity contribution in [3.8, 4) is 0 Å². The highest BCUT2D eigenvalue weighted by Gasteiger charge is 2.03. The van der Waals surface area contributed by atoms with Crippen LogP contribution in [0.25, 0.3) is 0 Å². The Morgan fingerprint density at radius 2 is 2.12 bits per heavy atom. The van der Waals surface area contributed by atoms with Crippen molar-refractivity contribution < 1.29 is 0 Å². The van der Waals surface area contributed by atoms with Crippen molar-refractivity contribution >= 4 is 15.9 Å². The van der Waals surface area contributed by atoms with Crippen LogP contribution < -0.4 is 5.32 Å². The second-order valence-electron chi connectivity index (χ2n) is 4.19. The Bertz CT molecular complexity index is 436. The highest BCUT2D eigenvalue weighted by Crippen LogP contribution is 2.11. The van der Waals surface area contributed by atoms with Gasteiger partial charge in [0.2, 0.25) is 0 Å². The molecule has 0 aliphatic heterocycles. The summed E-state index contributed by atoms with van der Waals surface area (Å²) in [6.45, 7) is 3.02. The minimum atomic E-state index is 0.444. The minimum Gasteiger partial charge on any atom is -0.347 e. The standard InChI is InChI=1S/C13H16BrN3/c1-10(16-8-13-7-15-9-17-13)6-11-2-4-12(14)5-3-11/h2-5,7,9-10,16H,6,8H2,1H3,(H,15,17). The molecule has 0 radical (unpaired) electrons. The molecule has 0 fully saturated rings. The van der Waals surface area contributed by atoms with E-state index in [1.807, 2.05) is 6.20 Å². The Hall–Kier alpha value is -1.13. The number of H-pyrrole nitrogens is 1. The smallest absolute Gasteiger partial charge is 0.0922 e. The van der Waals surface area contributed by atoms with Crippen molar-refractivity contribution in [1.29, 1.82) is 0 Å². The lowest BCUT2D eigenvalue weighted by Gasteiger charge is -2.13. The molecule has 0 aliphatic rings. The van der Waals surface area contributed by atoms with E-state index in [-0.39, 0.29) is 0 Å². The Morgan fingerprint density at radius 3 is 2.76 bits per heavy atom. The topological polar surface area (TPSA) is 40.7 Å². The summed E-state index contributed by atoms with van der Waals surface area (Å²) >= 11 is 3.44. The molecule has 2 aromatic rings. The normalized spacial score (nSPS) is 12.6. The van der Waals surface area contributed by atoms with Crippen LogP contribution in [0.5, 0.6) is 0 Å². The van der Waals surface area contributed by atoms with E-state index in [4.69, 9.17) is 0 Å². The molecular formula is C13H16BrN3. The third kappa shape index (κ3) is 3.98. The lowest BCUT2D eigenvalue weighted by atomic mass is 10.1. The summed E-state index contributed by atoms with van der Waals surface area (Å²) in [6.07, 6.45) is 4.58. The van der Waals surface area contributed by atoms with Crippen LogP contribution in [0.2, 0.25) is 0 Å². The van der Waals surface area contributed by atoms with Gasteiger partial charge in [-0.2, -0.15) is 0 Å². The van der Waals surface area contributed by atoms with E-state index in [0.29, 0.717) is 6.04 Å². The highest BCUT2D eigenvalue weighted by molar-refractivity contribution is 9.10. The van der Waals surface area contributed by atoms with E-state index in [9.17, 15) is 0 Å². The predicted molar refractivity (Wildman–Crippen MR) is 72.7 cm³/mol. The number of hydrogen-bond donors (Lipinski definition) is 2. The minimum absolute atomic E-state index is 0.444. The summed E-state index contributed by atoms with van der Waals surface area (Å²) < 4.78 is 1.12. The van der Waals surface area contributed by atoms with E-state index >= 15 is 0 Å². The first-order valence-corrected chi connectivity index (χ1v) is 6.48.